The van der Waals surface area contributed by atoms with Crippen molar-refractivity contribution in [2.24, 2.45) is 0 Å². The Kier molecular flexibility index (Phi) is 3.35. The Bertz CT molecular complexity index is 390. The van der Waals surface area contributed by atoms with Crippen LogP contribution in [0.25, 0.3) is 0 Å². The highest BCUT2D eigenvalue weighted by Gasteiger charge is 2.44. The van der Waals surface area contributed by atoms with Crippen LogP contribution >= 0.6 is 0 Å². The van der Waals surface area contributed by atoms with Crippen LogP contribution in [0.3, 0.4) is 0 Å². The first-order chi connectivity index (χ1) is 7.74. The molecule has 0 unspecified atom stereocenters. The average molecular weight is 243 g/mol. The summed E-state index contributed by atoms with van der Waals surface area (Å²) in [6.45, 7) is 2.00. The molecule has 0 aromatic heterocycles. The van der Waals surface area contributed by atoms with Gasteiger partial charge in [0.1, 0.15) is 18.6 Å². The molecule has 94 valence electrons. The van der Waals surface area contributed by atoms with E-state index in [4.69, 9.17) is 5.11 Å². The van der Waals surface area contributed by atoms with Crippen molar-refractivity contribution in [1.29, 1.82) is 0 Å². The second-order valence-electron chi connectivity index (χ2n) is 4.12. The van der Waals surface area contributed by atoms with Crippen molar-refractivity contribution < 1.29 is 24.3 Å². The standard InChI is InChI=1S/C9H13N3O5/c1-9(2)7(16)12(8(17)11-9)4-5(13)10-3-6(14)15/h3-4H2,1-2H3,(H,10,13)(H,11,17)(H,14,15). The van der Waals surface area contributed by atoms with Crippen LogP contribution < -0.4 is 10.6 Å². The van der Waals surface area contributed by atoms with Gasteiger partial charge in [0.15, 0.2) is 0 Å². The Morgan fingerprint density at radius 2 is 2.00 bits per heavy atom. The van der Waals surface area contributed by atoms with Crippen molar-refractivity contribution in [3.8, 4) is 0 Å². The molecule has 0 aromatic rings. The molecule has 0 radical (unpaired) electrons. The molecule has 1 saturated heterocycles. The number of rotatable bonds is 4. The van der Waals surface area contributed by atoms with Crippen LogP contribution in [0.15, 0.2) is 0 Å². The molecular formula is C9H13N3O5. The second-order valence-corrected chi connectivity index (χ2v) is 4.12. The van der Waals surface area contributed by atoms with Gasteiger partial charge >= 0.3 is 12.0 Å². The Hall–Kier alpha value is -2.12. The fourth-order valence-corrected chi connectivity index (χ4v) is 1.34. The largest absolute Gasteiger partial charge is 0.480 e. The molecule has 3 N–H and O–H groups in total. The SMILES string of the molecule is CC1(C)NC(=O)N(CC(=O)NCC(=O)O)C1=O. The topological polar surface area (TPSA) is 116 Å². The van der Waals surface area contributed by atoms with Gasteiger partial charge in [-0.2, -0.15) is 0 Å². The number of urea groups is 1. The smallest absolute Gasteiger partial charge is 0.325 e. The lowest BCUT2D eigenvalue weighted by Crippen LogP contribution is -2.43. The third kappa shape index (κ3) is 2.92. The van der Waals surface area contributed by atoms with Crippen LogP contribution in [0.4, 0.5) is 4.79 Å². The molecule has 8 heteroatoms. The maximum Gasteiger partial charge on any atom is 0.325 e. The van der Waals surface area contributed by atoms with Gasteiger partial charge in [0, 0.05) is 0 Å². The zero-order chi connectivity index (χ0) is 13.2. The minimum atomic E-state index is -1.20. The first-order valence-corrected chi connectivity index (χ1v) is 4.86. The van der Waals surface area contributed by atoms with Gasteiger partial charge in [0.05, 0.1) is 0 Å². The Labute approximate surface area is 97.0 Å². The summed E-state index contributed by atoms with van der Waals surface area (Å²) in [5, 5.41) is 12.8. The number of aliphatic carboxylic acids is 1. The third-order valence-corrected chi connectivity index (χ3v) is 2.18. The molecule has 0 bridgehead atoms. The van der Waals surface area contributed by atoms with Gasteiger partial charge in [-0.3, -0.25) is 19.3 Å². The molecule has 8 nitrogen and oxygen atoms in total. The highest BCUT2D eigenvalue weighted by Crippen LogP contribution is 2.15. The van der Waals surface area contributed by atoms with Crippen LogP contribution in [-0.4, -0.2) is 52.4 Å². The Morgan fingerprint density at radius 3 is 2.41 bits per heavy atom. The summed E-state index contributed by atoms with van der Waals surface area (Å²) in [5.74, 6) is -2.42. The minimum absolute atomic E-state index is 0.485. The van der Waals surface area contributed by atoms with Gasteiger partial charge in [-0.15, -0.1) is 0 Å². The average Bonchev–Trinajstić information content (AvgIpc) is 2.38. The number of nitrogens with zero attached hydrogens (tertiary/aromatic N) is 1. The van der Waals surface area contributed by atoms with Gasteiger partial charge < -0.3 is 15.7 Å². The van der Waals surface area contributed by atoms with Crippen molar-refractivity contribution >= 4 is 23.8 Å². The van der Waals surface area contributed by atoms with Crippen LogP contribution in [0, 0.1) is 0 Å². The monoisotopic (exact) mass is 243 g/mol. The maximum absolute atomic E-state index is 11.7. The lowest BCUT2D eigenvalue weighted by molar-refractivity contribution is -0.138. The van der Waals surface area contributed by atoms with Crippen molar-refractivity contribution in [2.75, 3.05) is 13.1 Å². The molecule has 0 saturated carbocycles. The van der Waals surface area contributed by atoms with Crippen LogP contribution in [0.1, 0.15) is 13.8 Å². The normalized spacial score (nSPS) is 17.9. The van der Waals surface area contributed by atoms with E-state index in [0.29, 0.717) is 0 Å². The summed E-state index contributed by atoms with van der Waals surface area (Å²) in [6.07, 6.45) is 0. The zero-order valence-corrected chi connectivity index (χ0v) is 9.44. The van der Waals surface area contributed by atoms with Crippen LogP contribution in [-0.2, 0) is 14.4 Å². The number of hydrogen-bond donors (Lipinski definition) is 3. The Morgan fingerprint density at radius 1 is 1.41 bits per heavy atom. The number of amides is 4. The fraction of sp³-hybridized carbons (Fsp3) is 0.556. The Balaban J connectivity index is 2.58. The number of nitrogens with one attached hydrogen (secondary N) is 2. The fourth-order valence-electron chi connectivity index (χ4n) is 1.34. The van der Waals surface area contributed by atoms with Crippen molar-refractivity contribution in [2.45, 2.75) is 19.4 Å². The summed E-state index contributed by atoms with van der Waals surface area (Å²) < 4.78 is 0. The van der Waals surface area contributed by atoms with E-state index < -0.39 is 42.4 Å². The molecule has 1 aliphatic heterocycles. The van der Waals surface area contributed by atoms with Gasteiger partial charge in [0.2, 0.25) is 5.91 Å². The summed E-state index contributed by atoms with van der Waals surface area (Å²) in [5.41, 5.74) is -1.04. The number of carboxylic acids is 1. The van der Waals surface area contributed by atoms with E-state index >= 15 is 0 Å². The first kappa shape index (κ1) is 12.9. The number of carboxylic acid groups (broad SMARTS) is 1. The molecule has 1 aliphatic rings. The number of carbonyl (C=O) groups is 4. The quantitative estimate of drug-likeness (QED) is 0.520. The molecular weight excluding hydrogens is 230 g/mol. The lowest BCUT2D eigenvalue weighted by Gasteiger charge is -2.15. The molecule has 17 heavy (non-hydrogen) atoms. The summed E-state index contributed by atoms with van der Waals surface area (Å²) in [6, 6.07) is -0.662. The summed E-state index contributed by atoms with van der Waals surface area (Å²) >= 11 is 0. The van der Waals surface area contributed by atoms with Crippen LogP contribution in [0.5, 0.6) is 0 Å². The van der Waals surface area contributed by atoms with E-state index in [0.717, 1.165) is 4.90 Å². The highest BCUT2D eigenvalue weighted by atomic mass is 16.4. The van der Waals surface area contributed by atoms with Crippen LogP contribution in [0.2, 0.25) is 0 Å². The zero-order valence-electron chi connectivity index (χ0n) is 9.44. The number of imide groups is 1. The van der Waals surface area contributed by atoms with E-state index in [-0.39, 0.29) is 0 Å². The summed E-state index contributed by atoms with van der Waals surface area (Å²) in [7, 11) is 0. The first-order valence-electron chi connectivity index (χ1n) is 4.86. The molecule has 4 amide bonds. The van der Waals surface area contributed by atoms with Gasteiger partial charge in [-0.1, -0.05) is 0 Å². The molecule has 1 heterocycles. The lowest BCUT2D eigenvalue weighted by atomic mass is 10.1. The summed E-state index contributed by atoms with van der Waals surface area (Å²) in [4.78, 5) is 45.2. The van der Waals surface area contributed by atoms with E-state index in [9.17, 15) is 19.2 Å². The van der Waals surface area contributed by atoms with Crippen molar-refractivity contribution in [1.82, 2.24) is 15.5 Å². The van der Waals surface area contributed by atoms with E-state index in [1.807, 2.05) is 0 Å². The molecule has 1 fully saturated rings. The van der Waals surface area contributed by atoms with Crippen molar-refractivity contribution in [3.05, 3.63) is 0 Å². The molecule has 1 rings (SSSR count). The van der Waals surface area contributed by atoms with Gasteiger partial charge in [0.25, 0.3) is 5.91 Å². The van der Waals surface area contributed by atoms with E-state index in [1.54, 1.807) is 0 Å². The van der Waals surface area contributed by atoms with E-state index in [2.05, 4.69) is 10.6 Å². The predicted octanol–water partition coefficient (Wildman–Crippen LogP) is -1.48. The number of carbonyl (C=O) groups excluding carboxylic acids is 3. The highest BCUT2D eigenvalue weighted by molar-refractivity contribution is 6.08. The second kappa shape index (κ2) is 4.40. The molecule has 0 aliphatic carbocycles. The van der Waals surface area contributed by atoms with Crippen molar-refractivity contribution in [3.63, 3.8) is 0 Å². The minimum Gasteiger partial charge on any atom is -0.480 e. The third-order valence-electron chi connectivity index (χ3n) is 2.18. The molecule has 0 spiro atoms. The predicted molar refractivity (Wildman–Crippen MR) is 55.0 cm³/mol. The number of hydrogen-bond acceptors (Lipinski definition) is 4. The molecule has 0 atom stereocenters. The van der Waals surface area contributed by atoms with Gasteiger partial charge in [-0.25, -0.2) is 4.79 Å². The van der Waals surface area contributed by atoms with Gasteiger partial charge in [-0.05, 0) is 13.8 Å². The van der Waals surface area contributed by atoms with E-state index in [1.165, 1.54) is 13.8 Å². The molecule has 0 aromatic carbocycles. The maximum atomic E-state index is 11.7.